The molecule has 1 heterocycles. The SMILES string of the molecule is CC1(C)C=Cc2cncnc2C=C1.CCC. The fourth-order valence-electron chi connectivity index (χ4n) is 1.27. The molecule has 0 saturated carbocycles. The summed E-state index contributed by atoms with van der Waals surface area (Å²) in [4.78, 5) is 8.19. The summed E-state index contributed by atoms with van der Waals surface area (Å²) in [6.07, 6.45) is 13.1. The molecule has 0 saturated heterocycles. The highest BCUT2D eigenvalue weighted by Crippen LogP contribution is 2.25. The number of nitrogens with zero attached hydrogens (tertiary/aromatic N) is 2. The molecule has 2 nitrogen and oxygen atoms in total. The van der Waals surface area contributed by atoms with E-state index in [9.17, 15) is 0 Å². The molecule has 86 valence electrons. The third-order valence-corrected chi connectivity index (χ3v) is 2.14. The van der Waals surface area contributed by atoms with Crippen LogP contribution in [0.15, 0.2) is 24.7 Å². The van der Waals surface area contributed by atoms with E-state index in [0.29, 0.717) is 0 Å². The molecule has 1 aromatic rings. The molecule has 1 aliphatic rings. The first-order valence-corrected chi connectivity index (χ1v) is 5.77. The molecule has 0 aromatic carbocycles. The highest BCUT2D eigenvalue weighted by molar-refractivity contribution is 5.65. The fourth-order valence-corrected chi connectivity index (χ4v) is 1.27. The van der Waals surface area contributed by atoms with E-state index in [1.54, 1.807) is 6.33 Å². The second-order valence-corrected chi connectivity index (χ2v) is 4.56. The van der Waals surface area contributed by atoms with Gasteiger partial charge in [-0.1, -0.05) is 52.3 Å². The maximum atomic E-state index is 4.20. The van der Waals surface area contributed by atoms with Gasteiger partial charge in [0, 0.05) is 17.2 Å². The van der Waals surface area contributed by atoms with Crippen molar-refractivity contribution in [2.75, 3.05) is 0 Å². The molecular weight excluding hydrogens is 196 g/mol. The molecule has 0 spiro atoms. The van der Waals surface area contributed by atoms with E-state index in [1.165, 1.54) is 6.42 Å². The second-order valence-electron chi connectivity index (χ2n) is 4.56. The van der Waals surface area contributed by atoms with Gasteiger partial charge in [0.25, 0.3) is 0 Å². The number of allylic oxidation sites excluding steroid dienone is 2. The van der Waals surface area contributed by atoms with Gasteiger partial charge in [-0.15, -0.1) is 0 Å². The molecule has 0 N–H and O–H groups in total. The van der Waals surface area contributed by atoms with E-state index in [1.807, 2.05) is 6.20 Å². The van der Waals surface area contributed by atoms with Crippen molar-refractivity contribution in [2.45, 2.75) is 34.1 Å². The van der Waals surface area contributed by atoms with Crippen LogP contribution < -0.4 is 0 Å². The molecule has 0 atom stereocenters. The highest BCUT2D eigenvalue weighted by Gasteiger charge is 2.12. The van der Waals surface area contributed by atoms with Crippen molar-refractivity contribution >= 4 is 12.2 Å². The molecule has 2 rings (SSSR count). The van der Waals surface area contributed by atoms with Gasteiger partial charge < -0.3 is 0 Å². The summed E-state index contributed by atoms with van der Waals surface area (Å²) < 4.78 is 0. The minimum Gasteiger partial charge on any atom is -0.244 e. The third-order valence-electron chi connectivity index (χ3n) is 2.14. The predicted molar refractivity (Wildman–Crippen MR) is 69.8 cm³/mol. The van der Waals surface area contributed by atoms with Gasteiger partial charge in [0.15, 0.2) is 0 Å². The Bertz CT molecular complexity index is 354. The van der Waals surface area contributed by atoms with E-state index in [-0.39, 0.29) is 5.41 Å². The van der Waals surface area contributed by atoms with Gasteiger partial charge in [0.05, 0.1) is 5.69 Å². The average Bonchev–Trinajstić information content (AvgIpc) is 2.40. The Morgan fingerprint density at radius 2 is 1.75 bits per heavy atom. The maximum Gasteiger partial charge on any atom is 0.116 e. The number of aromatic nitrogens is 2. The molecule has 1 aromatic heterocycles. The van der Waals surface area contributed by atoms with E-state index in [2.05, 4.69) is 62.0 Å². The van der Waals surface area contributed by atoms with Crippen LogP contribution in [0.1, 0.15) is 45.4 Å². The van der Waals surface area contributed by atoms with E-state index < -0.39 is 0 Å². The fraction of sp³-hybridized carbons (Fsp3) is 0.429. The zero-order valence-electron chi connectivity index (χ0n) is 10.6. The first-order chi connectivity index (χ1) is 7.59. The minimum absolute atomic E-state index is 0.112. The van der Waals surface area contributed by atoms with Crippen molar-refractivity contribution in [3.63, 3.8) is 0 Å². The monoisotopic (exact) mass is 216 g/mol. The van der Waals surface area contributed by atoms with Gasteiger partial charge in [-0.25, -0.2) is 9.97 Å². The lowest BCUT2D eigenvalue weighted by Gasteiger charge is -2.11. The third kappa shape index (κ3) is 3.61. The van der Waals surface area contributed by atoms with Crippen LogP contribution in [-0.2, 0) is 0 Å². The molecule has 0 aliphatic heterocycles. The summed E-state index contributed by atoms with van der Waals surface area (Å²) in [7, 11) is 0. The second kappa shape index (κ2) is 5.59. The van der Waals surface area contributed by atoms with Crippen molar-refractivity contribution in [1.29, 1.82) is 0 Å². The summed E-state index contributed by atoms with van der Waals surface area (Å²) in [5, 5.41) is 0. The topological polar surface area (TPSA) is 25.8 Å². The van der Waals surface area contributed by atoms with Crippen molar-refractivity contribution in [2.24, 2.45) is 5.41 Å². The number of rotatable bonds is 0. The number of fused-ring (bicyclic) bond motifs is 1. The van der Waals surface area contributed by atoms with E-state index in [0.717, 1.165) is 11.3 Å². The Hall–Kier alpha value is -1.44. The summed E-state index contributed by atoms with van der Waals surface area (Å²) >= 11 is 0. The first-order valence-electron chi connectivity index (χ1n) is 5.77. The van der Waals surface area contributed by atoms with Crippen LogP contribution in [0, 0.1) is 5.41 Å². The maximum absolute atomic E-state index is 4.20. The van der Waals surface area contributed by atoms with Crippen molar-refractivity contribution < 1.29 is 0 Å². The Labute approximate surface area is 98.1 Å². The molecule has 1 aliphatic carbocycles. The van der Waals surface area contributed by atoms with Crippen LogP contribution >= 0.6 is 0 Å². The largest absolute Gasteiger partial charge is 0.244 e. The van der Waals surface area contributed by atoms with Gasteiger partial charge in [0.1, 0.15) is 6.33 Å². The van der Waals surface area contributed by atoms with Crippen LogP contribution in [0.5, 0.6) is 0 Å². The molecule has 0 amide bonds. The molecule has 0 radical (unpaired) electrons. The van der Waals surface area contributed by atoms with Gasteiger partial charge >= 0.3 is 0 Å². The van der Waals surface area contributed by atoms with Crippen LogP contribution in [-0.4, -0.2) is 9.97 Å². The molecular formula is C14H20N2. The molecule has 0 unspecified atom stereocenters. The van der Waals surface area contributed by atoms with Crippen molar-refractivity contribution in [1.82, 2.24) is 9.97 Å². The average molecular weight is 216 g/mol. The van der Waals surface area contributed by atoms with Crippen LogP contribution in [0.25, 0.3) is 12.2 Å². The van der Waals surface area contributed by atoms with Crippen LogP contribution in [0.4, 0.5) is 0 Å². The van der Waals surface area contributed by atoms with Gasteiger partial charge in [-0.2, -0.15) is 0 Å². The zero-order chi connectivity index (χ0) is 12.0. The van der Waals surface area contributed by atoms with Gasteiger partial charge in [-0.05, 0) is 6.08 Å². The molecule has 2 heteroatoms. The van der Waals surface area contributed by atoms with Crippen molar-refractivity contribution in [3.05, 3.63) is 35.9 Å². The van der Waals surface area contributed by atoms with Crippen LogP contribution in [0.2, 0.25) is 0 Å². The normalized spacial score (nSPS) is 15.8. The molecule has 0 fully saturated rings. The van der Waals surface area contributed by atoms with E-state index in [4.69, 9.17) is 0 Å². The Morgan fingerprint density at radius 1 is 1.12 bits per heavy atom. The predicted octanol–water partition coefficient (Wildman–Crippen LogP) is 3.96. The van der Waals surface area contributed by atoms with Crippen molar-refractivity contribution in [3.8, 4) is 0 Å². The minimum atomic E-state index is 0.112. The van der Waals surface area contributed by atoms with Gasteiger partial charge in [-0.3, -0.25) is 0 Å². The summed E-state index contributed by atoms with van der Waals surface area (Å²) in [5.41, 5.74) is 2.20. The highest BCUT2D eigenvalue weighted by atomic mass is 14.8. The van der Waals surface area contributed by atoms with Gasteiger partial charge in [0.2, 0.25) is 0 Å². The first kappa shape index (κ1) is 12.6. The standard InChI is InChI=1S/C11H12N2.C3H8/c1-11(2)5-3-9-7-12-8-13-10(9)4-6-11;1-3-2/h3-8H,1-2H3;3H2,1-2H3. The zero-order valence-corrected chi connectivity index (χ0v) is 10.6. The molecule has 0 bridgehead atoms. The van der Waals surface area contributed by atoms with E-state index >= 15 is 0 Å². The summed E-state index contributed by atoms with van der Waals surface area (Å²) in [6.45, 7) is 8.58. The Kier molecular flexibility index (Phi) is 4.41. The smallest absolute Gasteiger partial charge is 0.116 e. The quantitative estimate of drug-likeness (QED) is 0.656. The Balaban J connectivity index is 0.000000386. The summed E-state index contributed by atoms with van der Waals surface area (Å²) in [5.74, 6) is 0. The lowest BCUT2D eigenvalue weighted by atomic mass is 9.93. The lowest BCUT2D eigenvalue weighted by molar-refractivity contribution is 0.633. The Morgan fingerprint density at radius 3 is 2.44 bits per heavy atom. The number of hydrogen-bond donors (Lipinski definition) is 0. The molecule has 16 heavy (non-hydrogen) atoms. The number of hydrogen-bond acceptors (Lipinski definition) is 2. The summed E-state index contributed by atoms with van der Waals surface area (Å²) in [6, 6.07) is 0. The van der Waals surface area contributed by atoms with Crippen LogP contribution in [0.3, 0.4) is 0 Å². The lowest BCUT2D eigenvalue weighted by Crippen LogP contribution is -1.99.